The molecule has 0 radical (unpaired) electrons. The number of methoxy groups -OCH3 is 1. The molecule has 1 unspecified atom stereocenters. The van der Waals surface area contributed by atoms with E-state index in [0.29, 0.717) is 0 Å². The summed E-state index contributed by atoms with van der Waals surface area (Å²) in [6.07, 6.45) is 3.65. The summed E-state index contributed by atoms with van der Waals surface area (Å²) in [5.41, 5.74) is 3.82. The average molecular weight is 287 g/mol. The van der Waals surface area contributed by atoms with E-state index in [1.807, 2.05) is 0 Å². The van der Waals surface area contributed by atoms with Crippen molar-refractivity contribution >= 4 is 0 Å². The second-order valence-electron chi connectivity index (χ2n) is 5.13. The van der Waals surface area contributed by atoms with Gasteiger partial charge in [0.2, 0.25) is 0 Å². The van der Waals surface area contributed by atoms with Crippen LogP contribution in [-0.4, -0.2) is 20.3 Å². The lowest BCUT2D eigenvalue weighted by molar-refractivity contribution is 0.202. The monoisotopic (exact) mass is 287 g/mol. The Labute approximate surface area is 127 Å². The van der Waals surface area contributed by atoms with Crippen LogP contribution in [0.4, 0.5) is 0 Å². The summed E-state index contributed by atoms with van der Waals surface area (Å²) >= 11 is 0. The van der Waals surface area contributed by atoms with E-state index in [4.69, 9.17) is 9.15 Å². The highest BCUT2D eigenvalue weighted by molar-refractivity contribution is 5.35. The highest BCUT2D eigenvalue weighted by Gasteiger charge is 2.18. The quantitative estimate of drug-likeness (QED) is 0.803. The lowest BCUT2D eigenvalue weighted by Crippen LogP contribution is -2.22. The molecule has 0 fully saturated rings. The first-order chi connectivity index (χ1) is 10.3. The minimum Gasteiger partial charge on any atom is -0.469 e. The minimum absolute atomic E-state index is 0.195. The maximum Gasteiger partial charge on any atom is 0.108 e. The molecule has 1 aromatic carbocycles. The average Bonchev–Trinajstić information content (AvgIpc) is 2.99. The van der Waals surface area contributed by atoms with Crippen molar-refractivity contribution in [2.75, 3.05) is 20.3 Å². The molecule has 1 aromatic heterocycles. The van der Waals surface area contributed by atoms with Crippen molar-refractivity contribution in [2.45, 2.75) is 32.7 Å². The number of furan rings is 1. The molecule has 0 aliphatic rings. The molecule has 114 valence electrons. The van der Waals surface area contributed by atoms with E-state index in [1.165, 1.54) is 16.7 Å². The first kappa shape index (κ1) is 15.8. The third kappa shape index (κ3) is 3.96. The Morgan fingerprint density at radius 3 is 2.52 bits per heavy atom. The van der Waals surface area contributed by atoms with Gasteiger partial charge in [-0.25, -0.2) is 0 Å². The predicted molar refractivity (Wildman–Crippen MR) is 85.6 cm³/mol. The van der Waals surface area contributed by atoms with E-state index in [9.17, 15) is 0 Å². The molecule has 0 saturated carbocycles. The van der Waals surface area contributed by atoms with E-state index in [0.717, 1.165) is 31.8 Å². The smallest absolute Gasteiger partial charge is 0.108 e. The maximum absolute atomic E-state index is 5.58. The number of nitrogens with one attached hydrogen (secondary N) is 1. The number of ether oxygens (including phenoxy) is 1. The summed E-state index contributed by atoms with van der Waals surface area (Å²) < 4.78 is 10.7. The third-order valence-corrected chi connectivity index (χ3v) is 3.73. The zero-order valence-corrected chi connectivity index (χ0v) is 13.2. The van der Waals surface area contributed by atoms with Crippen molar-refractivity contribution in [3.8, 4) is 0 Å². The van der Waals surface area contributed by atoms with Crippen LogP contribution >= 0.6 is 0 Å². The second kappa shape index (κ2) is 8.01. The van der Waals surface area contributed by atoms with Gasteiger partial charge in [0.15, 0.2) is 0 Å². The van der Waals surface area contributed by atoms with Crippen molar-refractivity contribution in [1.29, 1.82) is 0 Å². The summed E-state index contributed by atoms with van der Waals surface area (Å²) in [7, 11) is 1.74. The van der Waals surface area contributed by atoms with Crippen molar-refractivity contribution in [3.05, 3.63) is 59.0 Å². The van der Waals surface area contributed by atoms with Gasteiger partial charge < -0.3 is 14.5 Å². The molecule has 3 heteroatoms. The van der Waals surface area contributed by atoms with Gasteiger partial charge in [-0.15, -0.1) is 0 Å². The minimum atomic E-state index is 0.195. The Balaban J connectivity index is 2.22. The normalized spacial score (nSPS) is 12.5. The number of hydrogen-bond acceptors (Lipinski definition) is 3. The van der Waals surface area contributed by atoms with Crippen molar-refractivity contribution in [2.24, 2.45) is 0 Å². The largest absolute Gasteiger partial charge is 0.469 e. The molecule has 3 nitrogen and oxygen atoms in total. The van der Waals surface area contributed by atoms with E-state index in [1.54, 1.807) is 13.4 Å². The van der Waals surface area contributed by atoms with Crippen LogP contribution in [0.2, 0.25) is 0 Å². The summed E-state index contributed by atoms with van der Waals surface area (Å²) in [5, 5.41) is 3.55. The van der Waals surface area contributed by atoms with Crippen LogP contribution in [0.3, 0.4) is 0 Å². The summed E-state index contributed by atoms with van der Waals surface area (Å²) in [4.78, 5) is 0. The fourth-order valence-electron chi connectivity index (χ4n) is 2.60. The highest BCUT2D eigenvalue weighted by Crippen LogP contribution is 2.26. The first-order valence-electron chi connectivity index (χ1n) is 7.67. The molecule has 1 N–H and O–H groups in total. The lowest BCUT2D eigenvalue weighted by atomic mass is 9.97. The molecule has 21 heavy (non-hydrogen) atoms. The van der Waals surface area contributed by atoms with E-state index < -0.39 is 0 Å². The van der Waals surface area contributed by atoms with Crippen LogP contribution in [0.5, 0.6) is 0 Å². The Morgan fingerprint density at radius 2 is 1.90 bits per heavy atom. The molecule has 0 spiro atoms. The van der Waals surface area contributed by atoms with Crippen molar-refractivity contribution in [1.82, 2.24) is 5.32 Å². The molecule has 0 bridgehead atoms. The number of rotatable bonds is 8. The zero-order chi connectivity index (χ0) is 15.1. The Morgan fingerprint density at radius 1 is 1.14 bits per heavy atom. The highest BCUT2D eigenvalue weighted by atomic mass is 16.5. The van der Waals surface area contributed by atoms with Gasteiger partial charge in [0.25, 0.3) is 0 Å². The summed E-state index contributed by atoms with van der Waals surface area (Å²) in [5.74, 6) is 1.06. The zero-order valence-electron chi connectivity index (χ0n) is 13.2. The van der Waals surface area contributed by atoms with Crippen LogP contribution < -0.4 is 5.32 Å². The first-order valence-corrected chi connectivity index (χ1v) is 7.67. The van der Waals surface area contributed by atoms with Gasteiger partial charge in [-0.05, 0) is 30.2 Å². The molecule has 1 atom stereocenters. The van der Waals surface area contributed by atoms with Crippen molar-refractivity contribution < 1.29 is 9.15 Å². The standard InChI is InChI=1S/C18H25NO2/c1-4-17-16(11-13-21-17)18(19-5-2)15-8-6-14(7-9-15)10-12-20-3/h6-9,11,13,18-19H,4-5,10,12H2,1-3H3. The van der Waals surface area contributed by atoms with Gasteiger partial charge in [0, 0.05) is 19.1 Å². The van der Waals surface area contributed by atoms with E-state index in [-0.39, 0.29) is 6.04 Å². The third-order valence-electron chi connectivity index (χ3n) is 3.73. The summed E-state index contributed by atoms with van der Waals surface area (Å²) in [6, 6.07) is 11.0. The predicted octanol–water partition coefficient (Wildman–Crippen LogP) is 3.73. The van der Waals surface area contributed by atoms with Crippen LogP contribution in [0.1, 0.15) is 42.3 Å². The van der Waals surface area contributed by atoms with Gasteiger partial charge in [0.05, 0.1) is 18.9 Å². The Bertz CT molecular complexity index is 530. The molecular formula is C18H25NO2. The van der Waals surface area contributed by atoms with Gasteiger partial charge >= 0.3 is 0 Å². The number of benzene rings is 1. The van der Waals surface area contributed by atoms with E-state index in [2.05, 4.69) is 49.5 Å². The molecule has 0 aliphatic heterocycles. The summed E-state index contributed by atoms with van der Waals surface area (Å²) in [6.45, 7) is 5.94. The van der Waals surface area contributed by atoms with Crippen LogP contribution in [0.15, 0.2) is 41.0 Å². The van der Waals surface area contributed by atoms with Gasteiger partial charge in [-0.2, -0.15) is 0 Å². The fourth-order valence-corrected chi connectivity index (χ4v) is 2.60. The Kier molecular flexibility index (Phi) is 6.03. The molecular weight excluding hydrogens is 262 g/mol. The molecule has 1 heterocycles. The molecule has 2 aromatic rings. The van der Waals surface area contributed by atoms with Gasteiger partial charge in [0.1, 0.15) is 5.76 Å². The molecule has 0 saturated heterocycles. The van der Waals surface area contributed by atoms with E-state index >= 15 is 0 Å². The lowest BCUT2D eigenvalue weighted by Gasteiger charge is -2.19. The number of hydrogen-bond donors (Lipinski definition) is 1. The van der Waals surface area contributed by atoms with Crippen molar-refractivity contribution in [3.63, 3.8) is 0 Å². The van der Waals surface area contributed by atoms with Crippen LogP contribution in [-0.2, 0) is 17.6 Å². The van der Waals surface area contributed by atoms with Crippen LogP contribution in [0, 0.1) is 0 Å². The number of aryl methyl sites for hydroxylation is 1. The second-order valence-corrected chi connectivity index (χ2v) is 5.13. The SMILES string of the molecule is CCNC(c1ccc(CCOC)cc1)c1ccoc1CC. The molecule has 0 amide bonds. The Hall–Kier alpha value is -1.58. The van der Waals surface area contributed by atoms with Gasteiger partial charge in [-0.3, -0.25) is 0 Å². The molecule has 2 rings (SSSR count). The van der Waals surface area contributed by atoms with Crippen LogP contribution in [0.25, 0.3) is 0 Å². The van der Waals surface area contributed by atoms with Gasteiger partial charge in [-0.1, -0.05) is 38.1 Å². The topological polar surface area (TPSA) is 34.4 Å². The fraction of sp³-hybridized carbons (Fsp3) is 0.444. The maximum atomic E-state index is 5.58. The molecule has 0 aliphatic carbocycles.